The summed E-state index contributed by atoms with van der Waals surface area (Å²) in [5.74, 6) is -0.611. The second kappa shape index (κ2) is 5.40. The van der Waals surface area contributed by atoms with E-state index in [4.69, 9.17) is 5.26 Å². The fourth-order valence-electron chi connectivity index (χ4n) is 1.55. The van der Waals surface area contributed by atoms with E-state index in [1.165, 1.54) is 6.07 Å². The van der Waals surface area contributed by atoms with E-state index in [2.05, 4.69) is 10.2 Å². The van der Waals surface area contributed by atoms with Gasteiger partial charge in [-0.25, -0.2) is 8.78 Å². The van der Waals surface area contributed by atoms with Crippen LogP contribution in [0.25, 0.3) is 11.3 Å². The number of anilines is 1. The van der Waals surface area contributed by atoms with Gasteiger partial charge in [-0.05, 0) is 30.3 Å². The van der Waals surface area contributed by atoms with Crippen molar-refractivity contribution in [2.24, 2.45) is 0 Å². The molecule has 1 heterocycles. The molecule has 0 bridgehead atoms. The van der Waals surface area contributed by atoms with E-state index < -0.39 is 11.6 Å². The Morgan fingerprint density at radius 1 is 1.21 bits per heavy atom. The number of benzene rings is 1. The molecule has 0 aliphatic heterocycles. The summed E-state index contributed by atoms with van der Waals surface area (Å²) < 4.78 is 26.6. The Bertz CT molecular complexity index is 620. The summed E-state index contributed by atoms with van der Waals surface area (Å²) in [6, 6.07) is 8.27. The number of aromatic nitrogens is 2. The van der Waals surface area contributed by atoms with E-state index in [1.54, 1.807) is 18.0 Å². The molecule has 0 unspecified atom stereocenters. The molecule has 0 saturated heterocycles. The smallest absolute Gasteiger partial charge is 0.151 e. The van der Waals surface area contributed by atoms with E-state index >= 15 is 0 Å². The first-order valence-corrected chi connectivity index (χ1v) is 5.49. The van der Waals surface area contributed by atoms with Crippen molar-refractivity contribution >= 4 is 5.82 Å². The van der Waals surface area contributed by atoms with Gasteiger partial charge in [0.25, 0.3) is 0 Å². The van der Waals surface area contributed by atoms with Gasteiger partial charge in [-0.3, -0.25) is 0 Å². The van der Waals surface area contributed by atoms with Crippen molar-refractivity contribution in [1.29, 1.82) is 5.26 Å². The molecule has 2 rings (SSSR count). The minimum Gasteiger partial charge on any atom is -0.345 e. The van der Waals surface area contributed by atoms with Crippen molar-refractivity contribution in [1.82, 2.24) is 10.2 Å². The third kappa shape index (κ3) is 2.83. The average molecular weight is 260 g/mol. The fourth-order valence-corrected chi connectivity index (χ4v) is 1.55. The largest absolute Gasteiger partial charge is 0.345 e. The first kappa shape index (κ1) is 12.9. The summed E-state index contributed by atoms with van der Waals surface area (Å²) in [6.07, 6.45) is 0. The molecule has 19 heavy (non-hydrogen) atoms. The van der Waals surface area contributed by atoms with Gasteiger partial charge < -0.3 is 4.90 Å². The molecule has 0 aliphatic rings. The van der Waals surface area contributed by atoms with Gasteiger partial charge in [0.05, 0.1) is 11.8 Å². The van der Waals surface area contributed by atoms with Gasteiger partial charge in [-0.1, -0.05) is 0 Å². The predicted molar refractivity (Wildman–Crippen MR) is 66.3 cm³/mol. The second-order valence-electron chi connectivity index (χ2n) is 3.92. The number of halogens is 2. The van der Waals surface area contributed by atoms with Crippen molar-refractivity contribution in [2.75, 3.05) is 18.5 Å². The lowest BCUT2D eigenvalue weighted by Crippen LogP contribution is -2.18. The Balaban J connectivity index is 2.33. The highest BCUT2D eigenvalue weighted by Crippen LogP contribution is 2.22. The maximum absolute atomic E-state index is 13.5. The van der Waals surface area contributed by atoms with Gasteiger partial charge in [0, 0.05) is 12.6 Å². The SMILES string of the molecule is CN(CC#N)c1ccc(-c2cc(F)ccc2F)nn1. The molecule has 96 valence electrons. The van der Waals surface area contributed by atoms with Crippen LogP contribution in [0.5, 0.6) is 0 Å². The molecule has 1 aromatic heterocycles. The highest BCUT2D eigenvalue weighted by molar-refractivity contribution is 5.60. The average Bonchev–Trinajstić information content (AvgIpc) is 2.42. The summed E-state index contributed by atoms with van der Waals surface area (Å²) in [4.78, 5) is 1.60. The lowest BCUT2D eigenvalue weighted by molar-refractivity contribution is 0.602. The fraction of sp³-hybridized carbons (Fsp3) is 0.154. The summed E-state index contributed by atoms with van der Waals surface area (Å²) in [6.45, 7) is 0.169. The van der Waals surface area contributed by atoms with Crippen LogP contribution in [0.2, 0.25) is 0 Å². The molecule has 1 aromatic carbocycles. The van der Waals surface area contributed by atoms with Crippen LogP contribution in [-0.2, 0) is 0 Å². The quantitative estimate of drug-likeness (QED) is 0.795. The van der Waals surface area contributed by atoms with Crippen LogP contribution >= 0.6 is 0 Å². The minimum atomic E-state index is -0.561. The Morgan fingerprint density at radius 2 is 2.00 bits per heavy atom. The van der Waals surface area contributed by atoms with Gasteiger partial charge in [0.1, 0.15) is 18.2 Å². The predicted octanol–water partition coefficient (Wildman–Crippen LogP) is 2.38. The van der Waals surface area contributed by atoms with Crippen LogP contribution in [0, 0.1) is 23.0 Å². The van der Waals surface area contributed by atoms with Crippen LogP contribution in [0.15, 0.2) is 30.3 Å². The maximum atomic E-state index is 13.5. The van der Waals surface area contributed by atoms with E-state index in [9.17, 15) is 8.78 Å². The standard InChI is InChI=1S/C13H10F2N4/c1-19(7-6-16)13-5-4-12(17-18-13)10-8-9(14)2-3-11(10)15/h2-5,8H,7H2,1H3. The van der Waals surface area contributed by atoms with E-state index in [1.807, 2.05) is 6.07 Å². The molecule has 0 N–H and O–H groups in total. The highest BCUT2D eigenvalue weighted by Gasteiger charge is 2.09. The molecule has 4 nitrogen and oxygen atoms in total. The van der Waals surface area contributed by atoms with Crippen LogP contribution in [0.1, 0.15) is 0 Å². The Morgan fingerprint density at radius 3 is 2.63 bits per heavy atom. The highest BCUT2D eigenvalue weighted by atomic mass is 19.1. The van der Waals surface area contributed by atoms with Gasteiger partial charge in [-0.2, -0.15) is 5.26 Å². The topological polar surface area (TPSA) is 52.8 Å². The van der Waals surface area contributed by atoms with Crippen LogP contribution in [0.4, 0.5) is 14.6 Å². The molecule has 0 spiro atoms. The van der Waals surface area contributed by atoms with Gasteiger partial charge in [0.15, 0.2) is 5.82 Å². The van der Waals surface area contributed by atoms with Crippen molar-refractivity contribution in [3.05, 3.63) is 42.0 Å². The molecule has 0 amide bonds. The first-order chi connectivity index (χ1) is 9.11. The van der Waals surface area contributed by atoms with E-state index in [0.29, 0.717) is 5.82 Å². The Hall–Kier alpha value is -2.55. The lowest BCUT2D eigenvalue weighted by Gasteiger charge is -2.13. The molecular weight excluding hydrogens is 250 g/mol. The zero-order valence-electron chi connectivity index (χ0n) is 10.1. The molecular formula is C13H10F2N4. The normalized spacial score (nSPS) is 10.0. The summed E-state index contributed by atoms with van der Waals surface area (Å²) in [7, 11) is 1.69. The third-order valence-corrected chi connectivity index (χ3v) is 2.55. The van der Waals surface area contributed by atoms with Crippen LogP contribution < -0.4 is 4.90 Å². The van der Waals surface area contributed by atoms with Crippen molar-refractivity contribution in [2.45, 2.75) is 0 Å². The second-order valence-corrected chi connectivity index (χ2v) is 3.92. The number of hydrogen-bond acceptors (Lipinski definition) is 4. The van der Waals surface area contributed by atoms with Gasteiger partial charge >= 0.3 is 0 Å². The van der Waals surface area contributed by atoms with E-state index in [0.717, 1.165) is 18.2 Å². The minimum absolute atomic E-state index is 0.0574. The number of rotatable bonds is 3. The first-order valence-electron chi connectivity index (χ1n) is 5.49. The molecule has 0 aliphatic carbocycles. The maximum Gasteiger partial charge on any atom is 0.151 e. The Kier molecular flexibility index (Phi) is 3.66. The molecule has 0 saturated carbocycles. The lowest BCUT2D eigenvalue weighted by atomic mass is 10.1. The molecule has 6 heteroatoms. The number of hydrogen-bond donors (Lipinski definition) is 0. The van der Waals surface area contributed by atoms with Crippen LogP contribution in [-0.4, -0.2) is 23.8 Å². The summed E-state index contributed by atoms with van der Waals surface area (Å²) in [5.41, 5.74) is 0.299. The summed E-state index contributed by atoms with van der Waals surface area (Å²) in [5, 5.41) is 16.3. The zero-order chi connectivity index (χ0) is 13.8. The van der Waals surface area contributed by atoms with Crippen molar-refractivity contribution in [3.8, 4) is 17.3 Å². The number of nitriles is 1. The van der Waals surface area contributed by atoms with Crippen molar-refractivity contribution in [3.63, 3.8) is 0 Å². The zero-order valence-corrected chi connectivity index (χ0v) is 10.1. The monoisotopic (exact) mass is 260 g/mol. The van der Waals surface area contributed by atoms with Gasteiger partial charge in [0.2, 0.25) is 0 Å². The van der Waals surface area contributed by atoms with Crippen LogP contribution in [0.3, 0.4) is 0 Å². The molecule has 0 atom stereocenters. The third-order valence-electron chi connectivity index (χ3n) is 2.55. The molecule has 2 aromatic rings. The summed E-state index contributed by atoms with van der Waals surface area (Å²) >= 11 is 0. The molecule has 0 radical (unpaired) electrons. The number of nitrogens with zero attached hydrogens (tertiary/aromatic N) is 4. The van der Waals surface area contributed by atoms with Crippen molar-refractivity contribution < 1.29 is 8.78 Å². The molecule has 0 fully saturated rings. The van der Waals surface area contributed by atoms with E-state index in [-0.39, 0.29) is 17.8 Å². The van der Waals surface area contributed by atoms with Gasteiger partial charge in [-0.15, -0.1) is 10.2 Å². The Labute approximate surface area is 108 Å².